The molecule has 1 amide bonds. The highest BCUT2D eigenvalue weighted by atomic mass is 16.1. The molecule has 18 heavy (non-hydrogen) atoms. The highest BCUT2D eigenvalue weighted by Gasteiger charge is 2.06. The van der Waals surface area contributed by atoms with Crippen molar-refractivity contribution in [2.45, 2.75) is 26.4 Å². The number of aryl methyl sites for hydroxylation is 2. The maximum atomic E-state index is 11.7. The van der Waals surface area contributed by atoms with Crippen LogP contribution in [0.3, 0.4) is 0 Å². The molecule has 0 radical (unpaired) electrons. The van der Waals surface area contributed by atoms with Gasteiger partial charge in [0.25, 0.3) is 5.91 Å². The van der Waals surface area contributed by atoms with Gasteiger partial charge in [-0.3, -0.25) is 14.2 Å². The van der Waals surface area contributed by atoms with Crippen molar-refractivity contribution < 1.29 is 4.79 Å². The largest absolute Gasteiger partial charge is 0.352 e. The normalized spacial score (nSPS) is 10.5. The van der Waals surface area contributed by atoms with Gasteiger partial charge < -0.3 is 5.32 Å². The van der Waals surface area contributed by atoms with Crippen molar-refractivity contribution in [3.05, 3.63) is 36.4 Å². The molecule has 0 aliphatic carbocycles. The fraction of sp³-hybridized carbons (Fsp3) is 0.417. The van der Waals surface area contributed by atoms with E-state index in [4.69, 9.17) is 0 Å². The molecule has 6 nitrogen and oxygen atoms in total. The number of hydrogen-bond acceptors (Lipinski definition) is 3. The molecule has 1 N–H and O–H groups in total. The van der Waals surface area contributed by atoms with Gasteiger partial charge in [0.1, 0.15) is 0 Å². The molecule has 2 heterocycles. The van der Waals surface area contributed by atoms with Gasteiger partial charge >= 0.3 is 0 Å². The quantitative estimate of drug-likeness (QED) is 0.772. The van der Waals surface area contributed by atoms with Gasteiger partial charge in [0.15, 0.2) is 0 Å². The summed E-state index contributed by atoms with van der Waals surface area (Å²) in [6.45, 7) is 4.20. The molecule has 2 rings (SSSR count). The van der Waals surface area contributed by atoms with E-state index in [2.05, 4.69) is 15.5 Å². The van der Waals surface area contributed by atoms with E-state index in [0.29, 0.717) is 12.1 Å². The minimum atomic E-state index is -0.0739. The molecule has 0 aliphatic rings. The third-order valence-corrected chi connectivity index (χ3v) is 2.63. The maximum absolute atomic E-state index is 11.7. The number of rotatable bonds is 6. The number of hydrogen-bond donors (Lipinski definition) is 1. The van der Waals surface area contributed by atoms with E-state index in [9.17, 15) is 4.79 Å². The molecule has 0 spiro atoms. The number of nitrogens with one attached hydrogen (secondary N) is 1. The highest BCUT2D eigenvalue weighted by Crippen LogP contribution is 1.97. The summed E-state index contributed by atoms with van der Waals surface area (Å²) in [4.78, 5) is 11.7. The van der Waals surface area contributed by atoms with Crippen molar-refractivity contribution >= 4 is 5.91 Å². The van der Waals surface area contributed by atoms with Gasteiger partial charge in [-0.05, 0) is 19.4 Å². The van der Waals surface area contributed by atoms with Crippen LogP contribution in [0, 0.1) is 0 Å². The Kier molecular flexibility index (Phi) is 4.11. The fourth-order valence-electron chi connectivity index (χ4n) is 1.63. The number of amides is 1. The zero-order valence-corrected chi connectivity index (χ0v) is 10.4. The third kappa shape index (κ3) is 3.19. The molecular formula is C12H17N5O. The van der Waals surface area contributed by atoms with Crippen molar-refractivity contribution in [3.63, 3.8) is 0 Å². The Morgan fingerprint density at radius 3 is 2.94 bits per heavy atom. The third-order valence-electron chi connectivity index (χ3n) is 2.63. The Labute approximate surface area is 106 Å². The SMILES string of the molecule is CCn1cc(C(=O)NCCCn2cccn2)cn1. The van der Waals surface area contributed by atoms with Crippen LogP contribution in [0.2, 0.25) is 0 Å². The Morgan fingerprint density at radius 1 is 1.39 bits per heavy atom. The molecule has 0 unspecified atom stereocenters. The van der Waals surface area contributed by atoms with E-state index in [1.54, 1.807) is 23.3 Å². The first-order chi connectivity index (χ1) is 8.79. The Hall–Kier alpha value is -2.11. The molecule has 0 aromatic carbocycles. The van der Waals surface area contributed by atoms with Gasteiger partial charge in [0.2, 0.25) is 0 Å². The predicted molar refractivity (Wildman–Crippen MR) is 67.1 cm³/mol. The van der Waals surface area contributed by atoms with Crippen molar-refractivity contribution in [1.82, 2.24) is 24.9 Å². The lowest BCUT2D eigenvalue weighted by molar-refractivity contribution is 0.0952. The zero-order valence-electron chi connectivity index (χ0n) is 10.4. The molecule has 0 saturated carbocycles. The van der Waals surface area contributed by atoms with E-state index < -0.39 is 0 Å². The van der Waals surface area contributed by atoms with Crippen LogP contribution in [0.5, 0.6) is 0 Å². The Morgan fingerprint density at radius 2 is 2.28 bits per heavy atom. The average Bonchev–Trinajstić information content (AvgIpc) is 3.05. The minimum absolute atomic E-state index is 0.0739. The van der Waals surface area contributed by atoms with Crippen LogP contribution in [0.1, 0.15) is 23.7 Å². The summed E-state index contributed by atoms with van der Waals surface area (Å²) in [5.74, 6) is -0.0739. The second-order valence-electron chi connectivity index (χ2n) is 3.96. The number of carbonyl (C=O) groups excluding carboxylic acids is 1. The van der Waals surface area contributed by atoms with Crippen LogP contribution in [0.15, 0.2) is 30.9 Å². The first-order valence-electron chi connectivity index (χ1n) is 6.07. The fourth-order valence-corrected chi connectivity index (χ4v) is 1.63. The van der Waals surface area contributed by atoms with E-state index in [1.165, 1.54) is 0 Å². The van der Waals surface area contributed by atoms with Crippen LogP contribution >= 0.6 is 0 Å². The van der Waals surface area contributed by atoms with Gasteiger partial charge in [0, 0.05) is 38.2 Å². The summed E-state index contributed by atoms with van der Waals surface area (Å²) >= 11 is 0. The van der Waals surface area contributed by atoms with Crippen LogP contribution in [-0.2, 0) is 13.1 Å². The summed E-state index contributed by atoms with van der Waals surface area (Å²) in [5.41, 5.74) is 0.607. The molecular weight excluding hydrogens is 230 g/mol. The van der Waals surface area contributed by atoms with Crippen LogP contribution in [-0.4, -0.2) is 32.0 Å². The molecule has 0 saturated heterocycles. The molecule has 0 bridgehead atoms. The molecule has 96 valence electrons. The zero-order chi connectivity index (χ0) is 12.8. The average molecular weight is 247 g/mol. The van der Waals surface area contributed by atoms with Crippen LogP contribution < -0.4 is 5.32 Å². The molecule has 2 aromatic heterocycles. The van der Waals surface area contributed by atoms with Crippen molar-refractivity contribution in [2.24, 2.45) is 0 Å². The lowest BCUT2D eigenvalue weighted by Gasteiger charge is -2.03. The molecule has 0 atom stereocenters. The van der Waals surface area contributed by atoms with Crippen LogP contribution in [0.25, 0.3) is 0 Å². The van der Waals surface area contributed by atoms with Gasteiger partial charge in [-0.15, -0.1) is 0 Å². The topological polar surface area (TPSA) is 64.7 Å². The van der Waals surface area contributed by atoms with E-state index in [-0.39, 0.29) is 5.91 Å². The van der Waals surface area contributed by atoms with Gasteiger partial charge in [-0.1, -0.05) is 0 Å². The first-order valence-corrected chi connectivity index (χ1v) is 6.07. The number of nitrogens with zero attached hydrogens (tertiary/aromatic N) is 4. The number of carbonyl (C=O) groups is 1. The summed E-state index contributed by atoms with van der Waals surface area (Å²) in [6.07, 6.45) is 7.86. The summed E-state index contributed by atoms with van der Waals surface area (Å²) in [6, 6.07) is 1.89. The Bertz CT molecular complexity index is 488. The molecule has 0 aliphatic heterocycles. The smallest absolute Gasteiger partial charge is 0.254 e. The lowest BCUT2D eigenvalue weighted by atomic mass is 10.3. The lowest BCUT2D eigenvalue weighted by Crippen LogP contribution is -2.25. The standard InChI is InChI=1S/C12H17N5O/c1-2-16-10-11(9-15-16)12(18)13-5-3-7-17-8-4-6-14-17/h4,6,8-10H,2-3,5,7H2,1H3,(H,13,18). The predicted octanol–water partition coefficient (Wildman–Crippen LogP) is 0.920. The van der Waals surface area contributed by atoms with Gasteiger partial charge in [0.05, 0.1) is 11.8 Å². The molecule has 2 aromatic rings. The summed E-state index contributed by atoms with van der Waals surface area (Å²) < 4.78 is 3.58. The monoisotopic (exact) mass is 247 g/mol. The van der Waals surface area contributed by atoms with Gasteiger partial charge in [-0.25, -0.2) is 0 Å². The van der Waals surface area contributed by atoms with Crippen molar-refractivity contribution in [1.29, 1.82) is 0 Å². The number of aromatic nitrogens is 4. The second-order valence-corrected chi connectivity index (χ2v) is 3.96. The maximum Gasteiger partial charge on any atom is 0.254 e. The summed E-state index contributed by atoms with van der Waals surface area (Å²) in [7, 11) is 0. The van der Waals surface area contributed by atoms with E-state index in [0.717, 1.165) is 19.5 Å². The Balaban J connectivity index is 1.71. The highest BCUT2D eigenvalue weighted by molar-refractivity contribution is 5.93. The molecule has 0 fully saturated rings. The van der Waals surface area contributed by atoms with E-state index in [1.807, 2.05) is 23.9 Å². The van der Waals surface area contributed by atoms with Crippen molar-refractivity contribution in [3.8, 4) is 0 Å². The minimum Gasteiger partial charge on any atom is -0.352 e. The first kappa shape index (κ1) is 12.3. The van der Waals surface area contributed by atoms with Gasteiger partial charge in [-0.2, -0.15) is 10.2 Å². The van der Waals surface area contributed by atoms with Crippen LogP contribution in [0.4, 0.5) is 0 Å². The second kappa shape index (κ2) is 6.00. The summed E-state index contributed by atoms with van der Waals surface area (Å²) in [5, 5.41) is 11.0. The van der Waals surface area contributed by atoms with E-state index >= 15 is 0 Å². The molecule has 6 heteroatoms. The van der Waals surface area contributed by atoms with Crippen molar-refractivity contribution in [2.75, 3.05) is 6.54 Å².